The van der Waals surface area contributed by atoms with Gasteiger partial charge in [0, 0.05) is 24.0 Å². The number of hydrogen-bond acceptors (Lipinski definition) is 6. The maximum Gasteiger partial charge on any atom is 0.269 e. The highest BCUT2D eigenvalue weighted by atomic mass is 79.9. The molecule has 0 unspecified atom stereocenters. The quantitative estimate of drug-likeness (QED) is 0.253. The first-order valence-electron chi connectivity index (χ1n) is 9.51. The van der Waals surface area contributed by atoms with Gasteiger partial charge in [0.1, 0.15) is 0 Å². The maximum atomic E-state index is 12.2. The summed E-state index contributed by atoms with van der Waals surface area (Å²) in [5, 5.41) is 13.5. The number of anilines is 1. The van der Waals surface area contributed by atoms with Crippen LogP contribution < -0.4 is 14.8 Å². The van der Waals surface area contributed by atoms with E-state index < -0.39 is 4.92 Å². The summed E-state index contributed by atoms with van der Waals surface area (Å²) >= 11 is 3.44. The van der Waals surface area contributed by atoms with E-state index in [0.717, 1.165) is 5.56 Å². The average Bonchev–Trinajstić information content (AvgIpc) is 2.76. The van der Waals surface area contributed by atoms with Crippen molar-refractivity contribution in [3.63, 3.8) is 0 Å². The number of methoxy groups -OCH3 is 1. The zero-order valence-electron chi connectivity index (χ0n) is 17.4. The molecule has 0 saturated carbocycles. The van der Waals surface area contributed by atoms with E-state index in [0.29, 0.717) is 32.9 Å². The van der Waals surface area contributed by atoms with Gasteiger partial charge in [-0.25, -0.2) is 0 Å². The van der Waals surface area contributed by atoms with E-state index in [-0.39, 0.29) is 18.2 Å². The predicted molar refractivity (Wildman–Crippen MR) is 126 cm³/mol. The van der Waals surface area contributed by atoms with Crippen LogP contribution in [0.25, 0.3) is 0 Å². The lowest BCUT2D eigenvalue weighted by molar-refractivity contribution is -0.384. The SMILES string of the molecule is COc1cc(C=Nc2ccc([N+](=O)[O-])cc2)cc(Br)c1OCC(=O)Nc1cccc(C)c1. The number of hydrogen-bond donors (Lipinski definition) is 1. The van der Waals surface area contributed by atoms with Gasteiger partial charge >= 0.3 is 0 Å². The Bertz CT molecular complexity index is 1160. The van der Waals surface area contributed by atoms with Gasteiger partial charge in [0.15, 0.2) is 18.1 Å². The molecule has 8 nitrogen and oxygen atoms in total. The summed E-state index contributed by atoms with van der Waals surface area (Å²) in [6, 6.07) is 16.9. The van der Waals surface area contributed by atoms with E-state index in [1.165, 1.54) is 19.2 Å². The lowest BCUT2D eigenvalue weighted by atomic mass is 10.2. The van der Waals surface area contributed by atoms with Gasteiger partial charge in [-0.2, -0.15) is 0 Å². The third kappa shape index (κ3) is 6.14. The average molecular weight is 498 g/mol. The lowest BCUT2D eigenvalue weighted by Crippen LogP contribution is -2.20. The number of aryl methyl sites for hydroxylation is 1. The number of aliphatic imine (C=N–C) groups is 1. The molecule has 0 heterocycles. The largest absolute Gasteiger partial charge is 0.493 e. The molecule has 0 aromatic heterocycles. The van der Waals surface area contributed by atoms with E-state index in [1.807, 2.05) is 25.1 Å². The Balaban J connectivity index is 1.69. The summed E-state index contributed by atoms with van der Waals surface area (Å²) in [6.45, 7) is 1.75. The van der Waals surface area contributed by atoms with Crippen LogP contribution in [0, 0.1) is 17.0 Å². The number of benzene rings is 3. The number of nitrogens with one attached hydrogen (secondary N) is 1. The Kier molecular flexibility index (Phi) is 7.56. The van der Waals surface area contributed by atoms with Crippen molar-refractivity contribution >= 4 is 45.1 Å². The highest BCUT2D eigenvalue weighted by Crippen LogP contribution is 2.36. The van der Waals surface area contributed by atoms with Gasteiger partial charge < -0.3 is 14.8 Å². The fourth-order valence-electron chi connectivity index (χ4n) is 2.82. The third-order valence-corrected chi connectivity index (χ3v) is 4.91. The molecule has 0 aliphatic rings. The zero-order chi connectivity index (χ0) is 23.1. The number of amides is 1. The van der Waals surface area contributed by atoms with Crippen molar-refractivity contribution in [3.8, 4) is 11.5 Å². The molecule has 164 valence electrons. The van der Waals surface area contributed by atoms with Gasteiger partial charge in [-0.05, 0) is 70.4 Å². The molecular formula is C23H20BrN3O5. The van der Waals surface area contributed by atoms with E-state index in [9.17, 15) is 14.9 Å². The molecule has 1 amide bonds. The molecule has 0 atom stereocenters. The minimum Gasteiger partial charge on any atom is -0.493 e. The zero-order valence-corrected chi connectivity index (χ0v) is 19.0. The van der Waals surface area contributed by atoms with Crippen LogP contribution in [-0.4, -0.2) is 30.8 Å². The highest BCUT2D eigenvalue weighted by Gasteiger charge is 2.13. The van der Waals surface area contributed by atoms with Gasteiger partial charge in [0.25, 0.3) is 11.6 Å². The molecule has 0 bridgehead atoms. The van der Waals surface area contributed by atoms with E-state index in [1.54, 1.807) is 36.5 Å². The Morgan fingerprint density at radius 3 is 2.59 bits per heavy atom. The van der Waals surface area contributed by atoms with Crippen LogP contribution in [-0.2, 0) is 4.79 Å². The van der Waals surface area contributed by atoms with Gasteiger partial charge in [-0.15, -0.1) is 0 Å². The number of rotatable bonds is 8. The van der Waals surface area contributed by atoms with Gasteiger partial charge in [-0.3, -0.25) is 19.9 Å². The van der Waals surface area contributed by atoms with Crippen molar-refractivity contribution in [1.82, 2.24) is 0 Å². The van der Waals surface area contributed by atoms with Crippen LogP contribution in [0.5, 0.6) is 11.5 Å². The second kappa shape index (κ2) is 10.5. The lowest BCUT2D eigenvalue weighted by Gasteiger charge is -2.13. The summed E-state index contributed by atoms with van der Waals surface area (Å²) in [4.78, 5) is 26.8. The molecule has 0 saturated heterocycles. The Morgan fingerprint density at radius 2 is 1.94 bits per heavy atom. The third-order valence-electron chi connectivity index (χ3n) is 4.32. The molecule has 3 rings (SSSR count). The summed E-state index contributed by atoms with van der Waals surface area (Å²) < 4.78 is 11.7. The van der Waals surface area contributed by atoms with Crippen molar-refractivity contribution in [2.24, 2.45) is 4.99 Å². The van der Waals surface area contributed by atoms with Crippen molar-refractivity contribution in [1.29, 1.82) is 0 Å². The van der Waals surface area contributed by atoms with Crippen LogP contribution in [0.1, 0.15) is 11.1 Å². The first kappa shape index (κ1) is 23.0. The van der Waals surface area contributed by atoms with Crippen LogP contribution in [0.15, 0.2) is 70.1 Å². The molecule has 3 aromatic carbocycles. The summed E-state index contributed by atoms with van der Waals surface area (Å²) in [6.07, 6.45) is 1.60. The molecule has 3 aromatic rings. The van der Waals surface area contributed by atoms with E-state index in [2.05, 4.69) is 26.2 Å². The molecular weight excluding hydrogens is 478 g/mol. The van der Waals surface area contributed by atoms with E-state index in [4.69, 9.17) is 9.47 Å². The summed E-state index contributed by atoms with van der Waals surface area (Å²) in [5.74, 6) is 0.514. The Morgan fingerprint density at radius 1 is 1.19 bits per heavy atom. The van der Waals surface area contributed by atoms with Gasteiger partial charge in [-0.1, -0.05) is 12.1 Å². The van der Waals surface area contributed by atoms with Crippen molar-refractivity contribution in [2.75, 3.05) is 19.0 Å². The van der Waals surface area contributed by atoms with Crippen LogP contribution in [0.4, 0.5) is 17.1 Å². The number of nitro groups is 1. The highest BCUT2D eigenvalue weighted by molar-refractivity contribution is 9.10. The van der Waals surface area contributed by atoms with E-state index >= 15 is 0 Å². The molecule has 1 N–H and O–H groups in total. The number of ether oxygens (including phenoxy) is 2. The van der Waals surface area contributed by atoms with Crippen LogP contribution in [0.3, 0.4) is 0 Å². The minimum atomic E-state index is -0.463. The Hall–Kier alpha value is -3.72. The smallest absolute Gasteiger partial charge is 0.269 e. The normalized spacial score (nSPS) is 10.7. The fraction of sp³-hybridized carbons (Fsp3) is 0.130. The number of carbonyl (C=O) groups excluding carboxylic acids is 1. The number of carbonyl (C=O) groups is 1. The van der Waals surface area contributed by atoms with Gasteiger partial charge in [0.2, 0.25) is 0 Å². The molecule has 0 aliphatic carbocycles. The maximum absolute atomic E-state index is 12.2. The molecule has 32 heavy (non-hydrogen) atoms. The van der Waals surface area contributed by atoms with Crippen molar-refractivity contribution in [2.45, 2.75) is 6.92 Å². The molecule has 0 fully saturated rings. The van der Waals surface area contributed by atoms with Crippen molar-refractivity contribution in [3.05, 3.63) is 86.4 Å². The number of non-ortho nitro benzene ring substituents is 1. The number of nitrogens with zero attached hydrogens (tertiary/aromatic N) is 2. The first-order chi connectivity index (χ1) is 15.4. The fourth-order valence-corrected chi connectivity index (χ4v) is 3.40. The second-order valence-electron chi connectivity index (χ2n) is 6.77. The molecule has 9 heteroatoms. The molecule has 0 radical (unpaired) electrons. The second-order valence-corrected chi connectivity index (χ2v) is 7.63. The number of nitro benzene ring substituents is 1. The first-order valence-corrected chi connectivity index (χ1v) is 10.3. The van der Waals surface area contributed by atoms with Crippen molar-refractivity contribution < 1.29 is 19.2 Å². The summed E-state index contributed by atoms with van der Waals surface area (Å²) in [5.41, 5.74) is 3.02. The molecule has 0 spiro atoms. The standard InChI is InChI=1S/C23H20BrN3O5/c1-15-4-3-5-18(10-15)26-22(28)14-32-23-20(24)11-16(12-21(23)31-2)13-25-17-6-8-19(9-7-17)27(29)30/h3-13H,14H2,1-2H3,(H,26,28). The van der Waals surface area contributed by atoms with Crippen LogP contribution >= 0.6 is 15.9 Å². The predicted octanol–water partition coefficient (Wildman–Crippen LogP) is 5.44. The minimum absolute atomic E-state index is 0.00120. The summed E-state index contributed by atoms with van der Waals surface area (Å²) in [7, 11) is 1.50. The van der Waals surface area contributed by atoms with Gasteiger partial charge in [0.05, 0.1) is 22.2 Å². The molecule has 0 aliphatic heterocycles. The Labute approximate surface area is 193 Å². The number of halogens is 1. The monoisotopic (exact) mass is 497 g/mol. The van der Waals surface area contributed by atoms with Crippen LogP contribution in [0.2, 0.25) is 0 Å². The topological polar surface area (TPSA) is 103 Å².